The van der Waals surface area contributed by atoms with Crippen LogP contribution in [-0.4, -0.2) is 60.0 Å². The minimum Gasteiger partial charge on any atom is -0.490 e. The van der Waals surface area contributed by atoms with Gasteiger partial charge in [-0.25, -0.2) is 4.79 Å². The van der Waals surface area contributed by atoms with Gasteiger partial charge < -0.3 is 19.3 Å². The maximum atomic E-state index is 12.3. The van der Waals surface area contributed by atoms with Gasteiger partial charge in [-0.1, -0.05) is 0 Å². The minimum atomic E-state index is -1.27. The van der Waals surface area contributed by atoms with Crippen molar-refractivity contribution < 1.29 is 38.5 Å². The number of carbonyl (C=O) groups is 4. The van der Waals surface area contributed by atoms with Crippen LogP contribution in [0.4, 0.5) is 4.79 Å². The van der Waals surface area contributed by atoms with E-state index in [-0.39, 0.29) is 11.5 Å². The molecule has 1 aliphatic heterocycles. The van der Waals surface area contributed by atoms with Crippen LogP contribution in [0.5, 0.6) is 11.5 Å². The number of esters is 1. The lowest BCUT2D eigenvalue weighted by Gasteiger charge is -2.14. The van der Waals surface area contributed by atoms with Crippen LogP contribution < -0.4 is 9.47 Å². The Morgan fingerprint density at radius 3 is 2.61 bits per heavy atom. The lowest BCUT2D eigenvalue weighted by atomic mass is 10.2. The van der Waals surface area contributed by atoms with Gasteiger partial charge in [0.2, 0.25) is 0 Å². The molecule has 28 heavy (non-hydrogen) atoms. The summed E-state index contributed by atoms with van der Waals surface area (Å²) in [6, 6.07) is 3.28. The SMILES string of the molecule is CCOc1cc(/C=C2/SC(=O)N(CC(=O)O)C2=O)cc(I)c1OCC(=O)OC. The first-order chi connectivity index (χ1) is 13.3. The Labute approximate surface area is 178 Å². The molecule has 0 unspecified atom stereocenters. The number of carbonyl (C=O) groups excluding carboxylic acids is 3. The fourth-order valence-electron chi connectivity index (χ4n) is 2.19. The van der Waals surface area contributed by atoms with E-state index in [1.807, 2.05) is 22.6 Å². The summed E-state index contributed by atoms with van der Waals surface area (Å²) in [5.41, 5.74) is 0.555. The Kier molecular flexibility index (Phi) is 7.69. The molecule has 0 atom stereocenters. The van der Waals surface area contributed by atoms with E-state index in [1.165, 1.54) is 13.2 Å². The van der Waals surface area contributed by atoms with E-state index in [0.29, 0.717) is 43.9 Å². The van der Waals surface area contributed by atoms with Crippen molar-refractivity contribution in [2.75, 3.05) is 26.9 Å². The zero-order valence-corrected chi connectivity index (χ0v) is 17.9. The third-order valence-corrected chi connectivity index (χ3v) is 5.07. The maximum absolute atomic E-state index is 12.3. The Hall–Kier alpha value is -2.28. The van der Waals surface area contributed by atoms with E-state index in [1.54, 1.807) is 19.1 Å². The molecule has 1 N–H and O–H groups in total. The van der Waals surface area contributed by atoms with E-state index < -0.39 is 29.6 Å². The van der Waals surface area contributed by atoms with Crippen LogP contribution in [0, 0.1) is 3.57 Å². The monoisotopic (exact) mass is 521 g/mol. The molecule has 1 aromatic rings. The molecule has 9 nitrogen and oxygen atoms in total. The Balaban J connectivity index is 2.32. The predicted octanol–water partition coefficient (Wildman–Crippen LogP) is 2.36. The van der Waals surface area contributed by atoms with Crippen molar-refractivity contribution in [1.82, 2.24) is 4.90 Å². The van der Waals surface area contributed by atoms with Crippen LogP contribution in [0.25, 0.3) is 6.08 Å². The number of aliphatic carboxylic acids is 1. The summed E-state index contributed by atoms with van der Waals surface area (Å²) in [6.07, 6.45) is 1.47. The number of benzene rings is 1. The lowest BCUT2D eigenvalue weighted by Crippen LogP contribution is -2.33. The van der Waals surface area contributed by atoms with Crippen LogP contribution >= 0.6 is 34.4 Å². The molecular weight excluding hydrogens is 505 g/mol. The summed E-state index contributed by atoms with van der Waals surface area (Å²) in [5, 5.41) is 8.17. The largest absolute Gasteiger partial charge is 0.490 e. The van der Waals surface area contributed by atoms with Crippen LogP contribution in [0.3, 0.4) is 0 Å². The molecule has 0 radical (unpaired) electrons. The number of amides is 2. The summed E-state index contributed by atoms with van der Waals surface area (Å²) in [5.74, 6) is -1.78. The van der Waals surface area contributed by atoms with E-state index in [9.17, 15) is 19.2 Å². The van der Waals surface area contributed by atoms with Gasteiger partial charge in [-0.2, -0.15) is 0 Å². The third kappa shape index (κ3) is 5.38. The first-order valence-electron chi connectivity index (χ1n) is 7.90. The molecule has 1 heterocycles. The van der Waals surface area contributed by atoms with Gasteiger partial charge in [-0.05, 0) is 65.0 Å². The van der Waals surface area contributed by atoms with Gasteiger partial charge in [-0.3, -0.25) is 19.3 Å². The zero-order valence-electron chi connectivity index (χ0n) is 14.9. The molecule has 0 saturated carbocycles. The molecule has 1 saturated heterocycles. The molecule has 1 aliphatic rings. The van der Waals surface area contributed by atoms with Gasteiger partial charge in [0.15, 0.2) is 18.1 Å². The van der Waals surface area contributed by atoms with Gasteiger partial charge in [0.1, 0.15) is 6.54 Å². The normalized spacial score (nSPS) is 15.1. The molecule has 2 rings (SSSR count). The van der Waals surface area contributed by atoms with Gasteiger partial charge in [0.25, 0.3) is 11.1 Å². The van der Waals surface area contributed by atoms with Gasteiger partial charge in [0.05, 0.1) is 22.2 Å². The number of methoxy groups -OCH3 is 1. The highest BCUT2D eigenvalue weighted by atomic mass is 127. The van der Waals surface area contributed by atoms with Crippen molar-refractivity contribution in [3.05, 3.63) is 26.2 Å². The van der Waals surface area contributed by atoms with Crippen molar-refractivity contribution >= 4 is 63.5 Å². The Morgan fingerprint density at radius 2 is 2.00 bits per heavy atom. The molecule has 0 aliphatic carbocycles. The molecule has 0 bridgehead atoms. The van der Waals surface area contributed by atoms with Gasteiger partial charge >= 0.3 is 11.9 Å². The van der Waals surface area contributed by atoms with Crippen LogP contribution in [-0.2, 0) is 19.1 Å². The second-order valence-corrected chi connectivity index (χ2v) is 7.44. The number of imide groups is 1. The smallest absolute Gasteiger partial charge is 0.343 e. The van der Waals surface area contributed by atoms with Crippen LogP contribution in [0.1, 0.15) is 12.5 Å². The number of hydrogen-bond donors (Lipinski definition) is 1. The van der Waals surface area contributed by atoms with Crippen LogP contribution in [0.2, 0.25) is 0 Å². The molecule has 2 amide bonds. The number of ether oxygens (including phenoxy) is 3. The topological polar surface area (TPSA) is 119 Å². The number of rotatable bonds is 8. The van der Waals surface area contributed by atoms with Crippen molar-refractivity contribution in [1.29, 1.82) is 0 Å². The van der Waals surface area contributed by atoms with Crippen molar-refractivity contribution in [3.63, 3.8) is 0 Å². The van der Waals surface area contributed by atoms with Crippen molar-refractivity contribution in [2.24, 2.45) is 0 Å². The number of nitrogens with zero attached hydrogens (tertiary/aromatic N) is 1. The summed E-state index contributed by atoms with van der Waals surface area (Å²) in [4.78, 5) is 47.0. The average Bonchev–Trinajstić information content (AvgIpc) is 2.88. The number of carboxylic acids is 1. The third-order valence-electron chi connectivity index (χ3n) is 3.36. The second kappa shape index (κ2) is 9.78. The fourth-order valence-corrected chi connectivity index (χ4v) is 3.81. The second-order valence-electron chi connectivity index (χ2n) is 5.29. The van der Waals surface area contributed by atoms with Crippen molar-refractivity contribution in [2.45, 2.75) is 6.92 Å². The highest BCUT2D eigenvalue weighted by molar-refractivity contribution is 14.1. The van der Waals surface area contributed by atoms with Crippen LogP contribution in [0.15, 0.2) is 17.0 Å². The van der Waals surface area contributed by atoms with E-state index in [4.69, 9.17) is 14.6 Å². The summed E-state index contributed by atoms with van der Waals surface area (Å²) in [6.45, 7) is 1.13. The fraction of sp³-hybridized carbons (Fsp3) is 0.294. The lowest BCUT2D eigenvalue weighted by molar-refractivity contribution is -0.143. The molecule has 1 aromatic carbocycles. The van der Waals surface area contributed by atoms with E-state index >= 15 is 0 Å². The molecular formula is C17H16INO8S. The Bertz CT molecular complexity index is 854. The van der Waals surface area contributed by atoms with Gasteiger partial charge in [0, 0.05) is 0 Å². The number of hydrogen-bond acceptors (Lipinski definition) is 8. The maximum Gasteiger partial charge on any atom is 0.343 e. The highest BCUT2D eigenvalue weighted by Gasteiger charge is 2.36. The summed E-state index contributed by atoms with van der Waals surface area (Å²) >= 11 is 2.66. The molecule has 11 heteroatoms. The predicted molar refractivity (Wildman–Crippen MR) is 108 cm³/mol. The number of carboxylic acid groups (broad SMARTS) is 1. The molecule has 0 aromatic heterocycles. The zero-order chi connectivity index (χ0) is 20.8. The quantitative estimate of drug-likeness (QED) is 0.312. The first kappa shape index (κ1) is 22.0. The minimum absolute atomic E-state index is 0.104. The summed E-state index contributed by atoms with van der Waals surface area (Å²) < 4.78 is 16.2. The van der Waals surface area contributed by atoms with Gasteiger partial charge in [-0.15, -0.1) is 0 Å². The first-order valence-corrected chi connectivity index (χ1v) is 9.79. The Morgan fingerprint density at radius 1 is 1.29 bits per heavy atom. The van der Waals surface area contributed by atoms with E-state index in [0.717, 1.165) is 0 Å². The number of thioether (sulfide) groups is 1. The summed E-state index contributed by atoms with van der Waals surface area (Å²) in [7, 11) is 1.25. The highest BCUT2D eigenvalue weighted by Crippen LogP contribution is 2.37. The van der Waals surface area contributed by atoms with E-state index in [2.05, 4.69) is 4.74 Å². The standard InChI is InChI=1S/C17H16INO8S/c1-3-26-11-5-9(4-10(18)15(11)27-8-14(22)25-2)6-12-16(23)19(7-13(20)21)17(24)28-12/h4-6H,3,7-8H2,1-2H3,(H,20,21)/b12-6+. The molecule has 0 spiro atoms. The molecule has 150 valence electrons. The average molecular weight is 521 g/mol. The van der Waals surface area contributed by atoms with Crippen molar-refractivity contribution in [3.8, 4) is 11.5 Å². The molecule has 1 fully saturated rings. The number of halogens is 1.